The van der Waals surface area contributed by atoms with Gasteiger partial charge in [-0.15, -0.1) is 0 Å². The van der Waals surface area contributed by atoms with Crippen molar-refractivity contribution < 1.29 is 39.1 Å². The second-order valence-corrected chi connectivity index (χ2v) is 8.08. The molecular weight excluding hydrogens is 514 g/mol. The fourth-order valence-electron chi connectivity index (χ4n) is 3.16. The van der Waals surface area contributed by atoms with Gasteiger partial charge in [0.25, 0.3) is 0 Å². The summed E-state index contributed by atoms with van der Waals surface area (Å²) in [6, 6.07) is 4.21. The monoisotopic (exact) mass is 545 g/mol. The first-order valence-electron chi connectivity index (χ1n) is 11.1. The van der Waals surface area contributed by atoms with Crippen LogP contribution >= 0.6 is 24.4 Å². The lowest BCUT2D eigenvalue weighted by Gasteiger charge is -2.42. The van der Waals surface area contributed by atoms with Crippen molar-refractivity contribution in [2.24, 2.45) is 4.99 Å². The van der Waals surface area contributed by atoms with Gasteiger partial charge in [-0.3, -0.25) is 4.79 Å². The molecule has 13 nitrogen and oxygen atoms in total. The standard InChI is InChI=1S/C21H31N5O8S2/c1-13(28)24-17-19(30)18(29)14(11-27)34-20(17)33-10-9-32-8-7-31-6-5-22-21(36)26-16-4-2-3-15(25-16)23-12-35/h2-4,14,17-20,27,29-30H,5-11H2,1H3,(H,24,28)(H2,22,25,26,36)/t14?,17?,18-,19+,20+/m0/s1. The summed E-state index contributed by atoms with van der Waals surface area (Å²) >= 11 is 9.77. The lowest BCUT2D eigenvalue weighted by Crippen LogP contribution is -2.64. The molecule has 1 aliphatic rings. The lowest BCUT2D eigenvalue weighted by atomic mass is 9.97. The fraction of sp³-hybridized carbons (Fsp3) is 0.619. The molecule has 0 radical (unpaired) electrons. The predicted molar refractivity (Wildman–Crippen MR) is 136 cm³/mol. The number of anilines is 1. The lowest BCUT2D eigenvalue weighted by molar-refractivity contribution is -0.272. The minimum absolute atomic E-state index is 0.0915. The van der Waals surface area contributed by atoms with E-state index in [0.717, 1.165) is 0 Å². The molecule has 1 aromatic rings. The number of ether oxygens (including phenoxy) is 4. The number of nitrogens with zero attached hydrogens (tertiary/aromatic N) is 2. The van der Waals surface area contributed by atoms with Crippen LogP contribution in [0.3, 0.4) is 0 Å². The Morgan fingerprint density at radius 1 is 1.19 bits per heavy atom. The van der Waals surface area contributed by atoms with Gasteiger partial charge in [0.15, 0.2) is 17.2 Å². The molecular formula is C21H31N5O8S2. The van der Waals surface area contributed by atoms with E-state index in [4.69, 9.17) is 31.2 Å². The van der Waals surface area contributed by atoms with Crippen molar-refractivity contribution in [1.29, 1.82) is 0 Å². The van der Waals surface area contributed by atoms with Gasteiger partial charge in [-0.05, 0) is 36.6 Å². The highest BCUT2D eigenvalue weighted by Crippen LogP contribution is 2.22. The zero-order valence-electron chi connectivity index (χ0n) is 19.7. The first-order valence-corrected chi connectivity index (χ1v) is 11.9. The van der Waals surface area contributed by atoms with Gasteiger partial charge >= 0.3 is 0 Å². The van der Waals surface area contributed by atoms with E-state index in [1.54, 1.807) is 18.2 Å². The molecule has 2 rings (SSSR count). The highest BCUT2D eigenvalue weighted by atomic mass is 32.1. The van der Waals surface area contributed by atoms with E-state index in [1.165, 1.54) is 6.92 Å². The second-order valence-electron chi connectivity index (χ2n) is 7.49. The molecule has 0 spiro atoms. The average molecular weight is 546 g/mol. The number of pyridine rings is 1. The number of isothiocyanates is 1. The topological polar surface area (TPSA) is 176 Å². The van der Waals surface area contributed by atoms with Crippen LogP contribution < -0.4 is 16.0 Å². The molecule has 0 bridgehead atoms. The van der Waals surface area contributed by atoms with Gasteiger partial charge in [0.1, 0.15) is 30.2 Å². The number of aliphatic hydroxyl groups is 3. The molecule has 15 heteroatoms. The molecule has 6 N–H and O–H groups in total. The maximum atomic E-state index is 11.4. The number of aromatic nitrogens is 1. The molecule has 200 valence electrons. The minimum Gasteiger partial charge on any atom is -0.394 e. The predicted octanol–water partition coefficient (Wildman–Crippen LogP) is -0.904. The van der Waals surface area contributed by atoms with Crippen LogP contribution in [0.1, 0.15) is 6.92 Å². The van der Waals surface area contributed by atoms with Crippen LogP contribution in [0.15, 0.2) is 23.2 Å². The Hall–Kier alpha value is -2.17. The molecule has 0 saturated carbocycles. The number of carbonyl (C=O) groups excluding carboxylic acids is 1. The molecule has 36 heavy (non-hydrogen) atoms. The zero-order valence-corrected chi connectivity index (χ0v) is 21.3. The van der Waals surface area contributed by atoms with Gasteiger partial charge < -0.3 is 50.2 Å². The van der Waals surface area contributed by atoms with E-state index in [-0.39, 0.29) is 13.2 Å². The second kappa shape index (κ2) is 16.6. The minimum atomic E-state index is -1.36. The highest BCUT2D eigenvalue weighted by molar-refractivity contribution is 7.80. The SMILES string of the molecule is CC(=O)NC1[C@H](OCCOCCOCCNC(=S)Nc2cccc(N=C=S)n2)OC(CO)[C@H](O)[C@@H]1O. The summed E-state index contributed by atoms with van der Waals surface area (Å²) in [6.07, 6.45) is -4.81. The van der Waals surface area contributed by atoms with E-state index in [1.807, 2.05) is 0 Å². The van der Waals surface area contributed by atoms with Crippen molar-refractivity contribution in [1.82, 2.24) is 15.6 Å². The molecule has 2 unspecified atom stereocenters. The number of thiocarbonyl (C=S) groups is 2. The Balaban J connectivity index is 1.55. The van der Waals surface area contributed by atoms with Crippen molar-refractivity contribution in [2.75, 3.05) is 51.5 Å². The first kappa shape index (κ1) is 30.1. The van der Waals surface area contributed by atoms with E-state index in [9.17, 15) is 20.1 Å². The average Bonchev–Trinajstić information content (AvgIpc) is 2.84. The van der Waals surface area contributed by atoms with Crippen LogP contribution in [-0.4, -0.2) is 113 Å². The van der Waals surface area contributed by atoms with Crippen LogP contribution in [0.2, 0.25) is 0 Å². The number of hydrogen-bond acceptors (Lipinski definition) is 12. The third-order valence-corrected chi connectivity index (χ3v) is 5.14. The Labute approximate surface area is 219 Å². The number of rotatable bonds is 14. The van der Waals surface area contributed by atoms with Gasteiger partial charge in [-0.25, -0.2) is 4.98 Å². The number of carbonyl (C=O) groups is 1. The van der Waals surface area contributed by atoms with Crippen molar-refractivity contribution in [3.05, 3.63) is 18.2 Å². The largest absolute Gasteiger partial charge is 0.394 e. The van der Waals surface area contributed by atoms with Gasteiger partial charge in [0.2, 0.25) is 5.91 Å². The smallest absolute Gasteiger partial charge is 0.217 e. The molecule has 1 fully saturated rings. The number of aliphatic imine (C=N–C) groups is 1. The summed E-state index contributed by atoms with van der Waals surface area (Å²) in [5, 5.41) is 40.6. The first-order chi connectivity index (χ1) is 17.3. The normalized spacial score (nSPS) is 23.4. The summed E-state index contributed by atoms with van der Waals surface area (Å²) in [5.74, 6) is 0.527. The number of nitrogens with one attached hydrogen (secondary N) is 3. The molecule has 0 aliphatic carbocycles. The van der Waals surface area contributed by atoms with E-state index in [0.29, 0.717) is 43.1 Å². The van der Waals surface area contributed by atoms with Crippen molar-refractivity contribution >= 4 is 52.3 Å². The molecule has 1 amide bonds. The Bertz CT molecular complexity index is 892. The third-order valence-electron chi connectivity index (χ3n) is 4.80. The molecule has 2 heterocycles. The number of amides is 1. The summed E-state index contributed by atoms with van der Waals surface area (Å²) in [5.41, 5.74) is 0. The maximum Gasteiger partial charge on any atom is 0.217 e. The van der Waals surface area contributed by atoms with Crippen LogP contribution in [0.25, 0.3) is 0 Å². The van der Waals surface area contributed by atoms with Crippen molar-refractivity contribution in [2.45, 2.75) is 37.6 Å². The number of hydrogen-bond donors (Lipinski definition) is 6. The molecule has 0 aromatic carbocycles. The van der Waals surface area contributed by atoms with Gasteiger partial charge in [0, 0.05) is 13.5 Å². The Kier molecular flexibility index (Phi) is 13.8. The van der Waals surface area contributed by atoms with Gasteiger partial charge in [-0.1, -0.05) is 6.07 Å². The molecule has 1 aliphatic heterocycles. The molecule has 5 atom stereocenters. The third kappa shape index (κ3) is 10.4. The number of aliphatic hydroxyl groups excluding tert-OH is 3. The summed E-state index contributed by atoms with van der Waals surface area (Å²) in [7, 11) is 0. The van der Waals surface area contributed by atoms with Gasteiger partial charge in [0.05, 0.1) is 44.8 Å². The Morgan fingerprint density at radius 3 is 2.61 bits per heavy atom. The van der Waals surface area contributed by atoms with Crippen molar-refractivity contribution in [3.63, 3.8) is 0 Å². The summed E-state index contributed by atoms with van der Waals surface area (Å²) < 4.78 is 21.9. The summed E-state index contributed by atoms with van der Waals surface area (Å²) in [6.45, 7) is 2.56. The summed E-state index contributed by atoms with van der Waals surface area (Å²) in [4.78, 5) is 19.4. The van der Waals surface area contributed by atoms with Gasteiger partial charge in [-0.2, -0.15) is 4.99 Å². The molecule has 1 saturated heterocycles. The quantitative estimate of drug-likeness (QED) is 0.0964. The van der Waals surface area contributed by atoms with Crippen LogP contribution in [0, 0.1) is 0 Å². The maximum absolute atomic E-state index is 11.4. The van der Waals surface area contributed by atoms with Crippen LogP contribution in [0.5, 0.6) is 0 Å². The fourth-order valence-corrected chi connectivity index (χ4v) is 3.46. The van der Waals surface area contributed by atoms with Crippen molar-refractivity contribution in [3.8, 4) is 0 Å². The highest BCUT2D eigenvalue weighted by Gasteiger charge is 2.45. The molecule has 1 aromatic heterocycles. The van der Waals surface area contributed by atoms with Crippen LogP contribution in [-0.2, 0) is 23.7 Å². The van der Waals surface area contributed by atoms with E-state index < -0.39 is 43.2 Å². The van der Waals surface area contributed by atoms with E-state index in [2.05, 4.69) is 43.3 Å². The Morgan fingerprint density at radius 2 is 1.92 bits per heavy atom. The van der Waals surface area contributed by atoms with Crippen LogP contribution in [0.4, 0.5) is 11.6 Å². The van der Waals surface area contributed by atoms with E-state index >= 15 is 0 Å². The zero-order chi connectivity index (χ0) is 26.3.